The minimum atomic E-state index is 0.896. The Balaban J connectivity index is 1.80. The highest BCUT2D eigenvalue weighted by atomic mass is 79.9. The number of benzene rings is 3. The summed E-state index contributed by atoms with van der Waals surface area (Å²) < 4.78 is 7.04. The molecule has 0 spiro atoms. The summed E-state index contributed by atoms with van der Waals surface area (Å²) in [5, 5.41) is 1.12. The van der Waals surface area contributed by atoms with Gasteiger partial charge in [0, 0.05) is 15.4 Å². The molecule has 0 aliphatic heterocycles. The monoisotopic (exact) mass is 348 g/mol. The predicted molar refractivity (Wildman–Crippen MR) is 94.8 cm³/mol. The second-order valence-electron chi connectivity index (χ2n) is 5.24. The highest BCUT2D eigenvalue weighted by molar-refractivity contribution is 9.10. The second kappa shape index (κ2) is 5.47. The summed E-state index contributed by atoms with van der Waals surface area (Å²) in [4.78, 5) is 0. The van der Waals surface area contributed by atoms with Crippen LogP contribution in [0.2, 0.25) is 0 Å². The Kier molecular flexibility index (Phi) is 3.32. The first-order valence-electron chi connectivity index (χ1n) is 7.14. The van der Waals surface area contributed by atoms with Gasteiger partial charge in [0.1, 0.15) is 11.3 Å². The first kappa shape index (κ1) is 13.4. The molecule has 2 heteroatoms. The van der Waals surface area contributed by atoms with Crippen molar-refractivity contribution in [2.75, 3.05) is 0 Å². The molecule has 22 heavy (non-hydrogen) atoms. The number of hydrogen-bond donors (Lipinski definition) is 0. The molecule has 4 rings (SSSR count). The van der Waals surface area contributed by atoms with E-state index in [0.29, 0.717) is 0 Å². The maximum absolute atomic E-state index is 5.97. The maximum Gasteiger partial charge on any atom is 0.135 e. The summed E-state index contributed by atoms with van der Waals surface area (Å²) in [6.07, 6.45) is 0. The molecule has 0 aliphatic carbocycles. The minimum Gasteiger partial charge on any atom is -0.456 e. The van der Waals surface area contributed by atoms with Gasteiger partial charge in [-0.15, -0.1) is 0 Å². The Labute approximate surface area is 137 Å². The van der Waals surface area contributed by atoms with E-state index in [1.807, 2.05) is 24.3 Å². The third-order valence-corrected chi connectivity index (χ3v) is 4.28. The molecule has 0 amide bonds. The predicted octanol–water partition coefficient (Wildman–Crippen LogP) is 6.53. The van der Waals surface area contributed by atoms with E-state index >= 15 is 0 Å². The first-order valence-corrected chi connectivity index (χ1v) is 7.94. The summed E-state index contributed by atoms with van der Waals surface area (Å²) in [5.74, 6) is 0.896. The van der Waals surface area contributed by atoms with Crippen LogP contribution in [0, 0.1) is 0 Å². The highest BCUT2D eigenvalue weighted by Crippen LogP contribution is 2.31. The van der Waals surface area contributed by atoms with Gasteiger partial charge in [0.15, 0.2) is 0 Å². The van der Waals surface area contributed by atoms with E-state index in [1.165, 1.54) is 11.1 Å². The lowest BCUT2D eigenvalue weighted by Gasteiger charge is -2.00. The Morgan fingerprint density at radius 3 is 2.14 bits per heavy atom. The molecule has 106 valence electrons. The molecular weight excluding hydrogens is 336 g/mol. The molecule has 1 nitrogen and oxygen atoms in total. The summed E-state index contributed by atoms with van der Waals surface area (Å²) in [6.45, 7) is 0. The average Bonchev–Trinajstić information content (AvgIpc) is 2.99. The normalized spacial score (nSPS) is 11.0. The van der Waals surface area contributed by atoms with Gasteiger partial charge in [-0.3, -0.25) is 0 Å². The van der Waals surface area contributed by atoms with E-state index < -0.39 is 0 Å². The van der Waals surface area contributed by atoms with Crippen LogP contribution >= 0.6 is 15.9 Å². The van der Waals surface area contributed by atoms with Crippen molar-refractivity contribution in [1.82, 2.24) is 0 Å². The largest absolute Gasteiger partial charge is 0.456 e. The van der Waals surface area contributed by atoms with Crippen LogP contribution in [-0.2, 0) is 0 Å². The van der Waals surface area contributed by atoms with Crippen molar-refractivity contribution < 1.29 is 4.42 Å². The molecule has 0 bridgehead atoms. The van der Waals surface area contributed by atoms with E-state index in [-0.39, 0.29) is 0 Å². The van der Waals surface area contributed by atoms with Crippen molar-refractivity contribution in [2.45, 2.75) is 0 Å². The summed E-state index contributed by atoms with van der Waals surface area (Å²) in [7, 11) is 0. The van der Waals surface area contributed by atoms with Gasteiger partial charge in [-0.1, -0.05) is 64.5 Å². The van der Waals surface area contributed by atoms with Gasteiger partial charge in [0.2, 0.25) is 0 Å². The zero-order valence-corrected chi connectivity index (χ0v) is 13.4. The topological polar surface area (TPSA) is 13.1 Å². The fraction of sp³-hybridized carbons (Fsp3) is 0. The van der Waals surface area contributed by atoms with Gasteiger partial charge in [-0.2, -0.15) is 0 Å². The lowest BCUT2D eigenvalue weighted by Crippen LogP contribution is -1.75. The summed E-state index contributed by atoms with van der Waals surface area (Å²) in [6, 6.07) is 27.0. The first-order chi connectivity index (χ1) is 10.8. The standard InChI is InChI=1S/C20H13BrO/c21-18-9-6-15(7-10-18)20-13-17-12-16(8-11-19(17)22-20)14-4-2-1-3-5-14/h1-13H. The quantitative estimate of drug-likeness (QED) is 0.401. The van der Waals surface area contributed by atoms with Gasteiger partial charge in [0.05, 0.1) is 0 Å². The van der Waals surface area contributed by atoms with Crippen molar-refractivity contribution in [2.24, 2.45) is 0 Å². The highest BCUT2D eigenvalue weighted by Gasteiger charge is 2.07. The molecular formula is C20H13BrO. The molecule has 0 aliphatic rings. The fourth-order valence-electron chi connectivity index (χ4n) is 2.61. The molecule has 0 unspecified atom stereocenters. The van der Waals surface area contributed by atoms with E-state index in [0.717, 1.165) is 26.8 Å². The van der Waals surface area contributed by atoms with Crippen LogP contribution in [0.5, 0.6) is 0 Å². The summed E-state index contributed by atoms with van der Waals surface area (Å²) >= 11 is 3.46. The Morgan fingerprint density at radius 2 is 1.36 bits per heavy atom. The Morgan fingerprint density at radius 1 is 0.636 bits per heavy atom. The van der Waals surface area contributed by atoms with Gasteiger partial charge in [-0.25, -0.2) is 0 Å². The van der Waals surface area contributed by atoms with E-state index in [9.17, 15) is 0 Å². The van der Waals surface area contributed by atoms with Crippen LogP contribution in [0.25, 0.3) is 33.4 Å². The van der Waals surface area contributed by atoms with Gasteiger partial charge in [0.25, 0.3) is 0 Å². The smallest absolute Gasteiger partial charge is 0.135 e. The SMILES string of the molecule is Brc1ccc(-c2cc3cc(-c4ccccc4)ccc3o2)cc1. The van der Waals surface area contributed by atoms with Crippen LogP contribution in [0.4, 0.5) is 0 Å². The van der Waals surface area contributed by atoms with Crippen molar-refractivity contribution >= 4 is 26.9 Å². The van der Waals surface area contributed by atoms with Gasteiger partial charge in [-0.05, 0) is 41.5 Å². The number of halogens is 1. The van der Waals surface area contributed by atoms with Crippen molar-refractivity contribution in [3.05, 3.63) is 83.3 Å². The second-order valence-corrected chi connectivity index (χ2v) is 6.15. The zero-order chi connectivity index (χ0) is 14.9. The third kappa shape index (κ3) is 2.46. The lowest BCUT2D eigenvalue weighted by molar-refractivity contribution is 0.631. The fourth-order valence-corrected chi connectivity index (χ4v) is 2.87. The van der Waals surface area contributed by atoms with Crippen LogP contribution in [0.15, 0.2) is 87.8 Å². The molecule has 4 aromatic rings. The molecule has 3 aromatic carbocycles. The van der Waals surface area contributed by atoms with E-state index in [4.69, 9.17) is 4.42 Å². The van der Waals surface area contributed by atoms with Crippen molar-refractivity contribution in [3.8, 4) is 22.5 Å². The van der Waals surface area contributed by atoms with Crippen molar-refractivity contribution in [1.29, 1.82) is 0 Å². The molecule has 0 N–H and O–H groups in total. The maximum atomic E-state index is 5.97. The van der Waals surface area contributed by atoms with Crippen LogP contribution < -0.4 is 0 Å². The van der Waals surface area contributed by atoms with E-state index in [1.54, 1.807) is 0 Å². The van der Waals surface area contributed by atoms with Crippen LogP contribution in [0.1, 0.15) is 0 Å². The molecule has 0 saturated heterocycles. The Bertz CT molecular complexity index is 921. The number of fused-ring (bicyclic) bond motifs is 1. The number of furan rings is 1. The molecule has 0 fully saturated rings. The van der Waals surface area contributed by atoms with Crippen LogP contribution in [0.3, 0.4) is 0 Å². The molecule has 1 heterocycles. The lowest BCUT2D eigenvalue weighted by atomic mass is 10.0. The molecule has 0 saturated carbocycles. The average molecular weight is 349 g/mol. The van der Waals surface area contributed by atoms with Crippen molar-refractivity contribution in [3.63, 3.8) is 0 Å². The summed E-state index contributed by atoms with van der Waals surface area (Å²) in [5.41, 5.74) is 4.42. The number of hydrogen-bond acceptors (Lipinski definition) is 1. The Hall–Kier alpha value is -2.32. The third-order valence-electron chi connectivity index (χ3n) is 3.75. The molecule has 0 atom stereocenters. The number of rotatable bonds is 2. The van der Waals surface area contributed by atoms with Crippen LogP contribution in [-0.4, -0.2) is 0 Å². The molecule has 1 aromatic heterocycles. The minimum absolute atomic E-state index is 0.896. The van der Waals surface area contributed by atoms with Gasteiger partial charge < -0.3 is 4.42 Å². The molecule has 0 radical (unpaired) electrons. The van der Waals surface area contributed by atoms with E-state index in [2.05, 4.69) is 70.5 Å². The zero-order valence-electron chi connectivity index (χ0n) is 11.8. The van der Waals surface area contributed by atoms with Gasteiger partial charge >= 0.3 is 0 Å².